The van der Waals surface area contributed by atoms with Gasteiger partial charge in [0.2, 0.25) is 0 Å². The van der Waals surface area contributed by atoms with E-state index in [0.717, 1.165) is 25.3 Å². The minimum absolute atomic E-state index is 0.0311. The molecule has 1 aromatic rings. The number of thioether (sulfide) groups is 1. The van der Waals surface area contributed by atoms with Crippen LogP contribution in [-0.2, 0) is 14.3 Å². The number of rotatable bonds is 5. The number of benzene rings is 1. The molecule has 3 rings (SSSR count). The van der Waals surface area contributed by atoms with Crippen LogP contribution in [-0.4, -0.2) is 46.0 Å². The summed E-state index contributed by atoms with van der Waals surface area (Å²) in [4.78, 5) is 24.0. The first-order chi connectivity index (χ1) is 12.0. The van der Waals surface area contributed by atoms with Crippen molar-refractivity contribution in [3.8, 4) is 0 Å². The minimum Gasteiger partial charge on any atom is -0.478 e. The SMILES string of the molecule is O=C(O)C=C(C(=O)O)N1CCC2(CC1)SC(CCCl)c1ccccc12. The zero-order chi connectivity index (χ0) is 18.0. The first-order valence-corrected chi connectivity index (χ1v) is 9.64. The Balaban J connectivity index is 1.82. The largest absolute Gasteiger partial charge is 0.478 e. The Kier molecular flexibility index (Phi) is 5.29. The van der Waals surface area contributed by atoms with E-state index in [1.807, 2.05) is 23.9 Å². The lowest BCUT2D eigenvalue weighted by Crippen LogP contribution is -2.41. The van der Waals surface area contributed by atoms with Crippen molar-refractivity contribution >= 4 is 35.3 Å². The number of alkyl halides is 1. The van der Waals surface area contributed by atoms with Crippen LogP contribution < -0.4 is 0 Å². The number of likely N-dealkylation sites (tertiary alicyclic amines) is 1. The predicted octanol–water partition coefficient (Wildman–Crippen LogP) is 3.45. The van der Waals surface area contributed by atoms with Crippen molar-refractivity contribution in [1.82, 2.24) is 4.90 Å². The molecule has 1 aromatic carbocycles. The van der Waals surface area contributed by atoms with E-state index in [4.69, 9.17) is 16.7 Å². The van der Waals surface area contributed by atoms with E-state index in [-0.39, 0.29) is 10.4 Å². The number of piperidine rings is 1. The maximum Gasteiger partial charge on any atom is 0.352 e. The van der Waals surface area contributed by atoms with Crippen molar-refractivity contribution in [1.29, 1.82) is 0 Å². The summed E-state index contributed by atoms with van der Waals surface area (Å²) in [5.74, 6) is -1.82. The molecule has 7 heteroatoms. The Bertz CT molecular complexity index is 713. The second kappa shape index (κ2) is 7.30. The topological polar surface area (TPSA) is 77.8 Å². The van der Waals surface area contributed by atoms with Gasteiger partial charge in [0.15, 0.2) is 0 Å². The molecule has 1 unspecified atom stereocenters. The molecule has 2 aliphatic heterocycles. The molecule has 5 nitrogen and oxygen atoms in total. The van der Waals surface area contributed by atoms with Crippen LogP contribution in [0, 0.1) is 0 Å². The van der Waals surface area contributed by atoms with Gasteiger partial charge >= 0.3 is 11.9 Å². The van der Waals surface area contributed by atoms with Gasteiger partial charge in [0.05, 0.1) is 6.08 Å². The average Bonchev–Trinajstić information content (AvgIpc) is 2.88. The third kappa shape index (κ3) is 3.51. The highest BCUT2D eigenvalue weighted by atomic mass is 35.5. The minimum atomic E-state index is -1.24. The van der Waals surface area contributed by atoms with Crippen LogP contribution in [0.15, 0.2) is 36.0 Å². The van der Waals surface area contributed by atoms with E-state index in [1.54, 1.807) is 4.90 Å². The maximum absolute atomic E-state index is 11.4. The molecule has 0 radical (unpaired) electrons. The number of hydrogen-bond acceptors (Lipinski definition) is 4. The van der Waals surface area contributed by atoms with Crippen molar-refractivity contribution in [2.75, 3.05) is 19.0 Å². The van der Waals surface area contributed by atoms with Crippen molar-refractivity contribution in [2.24, 2.45) is 0 Å². The van der Waals surface area contributed by atoms with Crippen molar-refractivity contribution in [2.45, 2.75) is 29.3 Å². The van der Waals surface area contributed by atoms with Crippen LogP contribution in [0.3, 0.4) is 0 Å². The zero-order valence-corrected chi connectivity index (χ0v) is 15.2. The molecule has 2 heterocycles. The van der Waals surface area contributed by atoms with Gasteiger partial charge in [-0.15, -0.1) is 23.4 Å². The summed E-state index contributed by atoms with van der Waals surface area (Å²) in [5, 5.41) is 18.6. The normalized spacial score (nSPS) is 22.0. The van der Waals surface area contributed by atoms with Crippen LogP contribution in [0.25, 0.3) is 0 Å². The quantitative estimate of drug-likeness (QED) is 0.601. The van der Waals surface area contributed by atoms with E-state index in [0.29, 0.717) is 24.2 Å². The third-order valence-electron chi connectivity index (χ3n) is 4.93. The summed E-state index contributed by atoms with van der Waals surface area (Å²) in [6.45, 7) is 1.06. The second-order valence-electron chi connectivity index (χ2n) is 6.33. The van der Waals surface area contributed by atoms with E-state index < -0.39 is 11.9 Å². The van der Waals surface area contributed by atoms with Gasteiger partial charge in [0, 0.05) is 29.0 Å². The number of aliphatic carboxylic acids is 2. The Labute approximate surface area is 155 Å². The first-order valence-electron chi connectivity index (χ1n) is 8.23. The molecule has 0 aliphatic carbocycles. The smallest absolute Gasteiger partial charge is 0.352 e. The van der Waals surface area contributed by atoms with E-state index in [1.165, 1.54) is 11.1 Å². The third-order valence-corrected chi connectivity index (χ3v) is 7.00. The van der Waals surface area contributed by atoms with Gasteiger partial charge in [-0.05, 0) is 30.4 Å². The average molecular weight is 382 g/mol. The fraction of sp³-hybridized carbons (Fsp3) is 0.444. The monoisotopic (exact) mass is 381 g/mol. The first kappa shape index (κ1) is 18.1. The molecule has 1 spiro atoms. The predicted molar refractivity (Wildman–Crippen MR) is 98.0 cm³/mol. The van der Waals surface area contributed by atoms with Gasteiger partial charge in [0.1, 0.15) is 5.70 Å². The van der Waals surface area contributed by atoms with Crippen LogP contribution >= 0.6 is 23.4 Å². The lowest BCUT2D eigenvalue weighted by Gasteiger charge is -2.40. The molecule has 2 aliphatic rings. The number of nitrogens with zero attached hydrogens (tertiary/aromatic N) is 1. The Hall–Kier alpha value is -1.66. The maximum atomic E-state index is 11.4. The Morgan fingerprint density at radius 1 is 1.28 bits per heavy atom. The fourth-order valence-corrected chi connectivity index (χ4v) is 6.00. The number of carboxylic acid groups (broad SMARTS) is 2. The molecule has 25 heavy (non-hydrogen) atoms. The van der Waals surface area contributed by atoms with Crippen LogP contribution in [0.5, 0.6) is 0 Å². The Morgan fingerprint density at radius 3 is 2.56 bits per heavy atom. The van der Waals surface area contributed by atoms with Gasteiger partial charge in [-0.3, -0.25) is 0 Å². The Morgan fingerprint density at radius 2 is 1.96 bits per heavy atom. The second-order valence-corrected chi connectivity index (χ2v) is 8.29. The van der Waals surface area contributed by atoms with Crippen molar-refractivity contribution in [3.63, 3.8) is 0 Å². The van der Waals surface area contributed by atoms with Gasteiger partial charge < -0.3 is 15.1 Å². The van der Waals surface area contributed by atoms with Crippen LogP contribution in [0.4, 0.5) is 0 Å². The molecule has 134 valence electrons. The number of hydrogen-bond donors (Lipinski definition) is 2. The number of fused-ring (bicyclic) bond motifs is 2. The molecule has 0 bridgehead atoms. The van der Waals surface area contributed by atoms with Crippen molar-refractivity contribution in [3.05, 3.63) is 47.2 Å². The van der Waals surface area contributed by atoms with Crippen molar-refractivity contribution < 1.29 is 19.8 Å². The number of halogens is 1. The fourth-order valence-electron chi connectivity index (χ4n) is 3.81. The molecule has 1 saturated heterocycles. The molecule has 2 N–H and O–H groups in total. The summed E-state index contributed by atoms with van der Waals surface area (Å²) in [6.07, 6.45) is 3.27. The summed E-state index contributed by atoms with van der Waals surface area (Å²) in [6, 6.07) is 8.42. The summed E-state index contributed by atoms with van der Waals surface area (Å²) >= 11 is 7.90. The van der Waals surface area contributed by atoms with Gasteiger partial charge in [-0.25, -0.2) is 9.59 Å². The molecule has 1 fully saturated rings. The van der Waals surface area contributed by atoms with E-state index in [2.05, 4.69) is 12.1 Å². The van der Waals surface area contributed by atoms with Gasteiger partial charge in [-0.2, -0.15) is 0 Å². The summed E-state index contributed by atoms with van der Waals surface area (Å²) in [5.41, 5.74) is 2.52. The standard InChI is InChI=1S/C18H20ClNO4S/c19-8-5-15-12-3-1-2-4-13(12)18(25-15)6-9-20(10-7-18)14(17(23)24)11-16(21)22/h1-4,11,15H,5-10H2,(H,21,22)(H,23,24). The van der Waals surface area contributed by atoms with Crippen LogP contribution in [0.1, 0.15) is 35.6 Å². The molecular formula is C18H20ClNO4S. The highest BCUT2D eigenvalue weighted by Gasteiger charge is 2.46. The molecule has 0 saturated carbocycles. The van der Waals surface area contributed by atoms with Gasteiger partial charge in [0.25, 0.3) is 0 Å². The summed E-state index contributed by atoms with van der Waals surface area (Å²) in [7, 11) is 0. The molecule has 0 amide bonds. The number of carbonyl (C=O) groups is 2. The van der Waals surface area contributed by atoms with Gasteiger partial charge in [-0.1, -0.05) is 24.3 Å². The lowest BCUT2D eigenvalue weighted by atomic mass is 9.85. The van der Waals surface area contributed by atoms with Crippen LogP contribution in [0.2, 0.25) is 0 Å². The zero-order valence-electron chi connectivity index (χ0n) is 13.7. The van der Waals surface area contributed by atoms with E-state index >= 15 is 0 Å². The highest BCUT2D eigenvalue weighted by Crippen LogP contribution is 2.60. The molecule has 0 aromatic heterocycles. The number of carboxylic acids is 2. The molecule has 1 atom stereocenters. The van der Waals surface area contributed by atoms with E-state index in [9.17, 15) is 14.7 Å². The highest BCUT2D eigenvalue weighted by molar-refractivity contribution is 8.00. The molecular weight excluding hydrogens is 362 g/mol. The summed E-state index contributed by atoms with van der Waals surface area (Å²) < 4.78 is -0.0311. The lowest BCUT2D eigenvalue weighted by molar-refractivity contribution is -0.136.